The fraction of sp³-hybridized carbons (Fsp3) is 0.364. The maximum Gasteiger partial charge on any atom is 0.427 e. The third-order valence-corrected chi connectivity index (χ3v) is 6.94. The van der Waals surface area contributed by atoms with Crippen LogP contribution in [0.3, 0.4) is 0 Å². The Morgan fingerprint density at radius 2 is 1.81 bits per heavy atom. The molecule has 15 heteroatoms. The molecular weight excluding hydrogens is 548 g/mol. The number of ether oxygens (including phenoxy) is 2. The van der Waals surface area contributed by atoms with Gasteiger partial charge in [-0.25, -0.2) is 17.6 Å². The molecule has 2 aromatic carbocycles. The lowest BCUT2D eigenvalue weighted by Gasteiger charge is -2.31. The summed E-state index contributed by atoms with van der Waals surface area (Å²) in [5.74, 6) is -1.38. The number of carboxylic acids is 1. The van der Waals surface area contributed by atoms with Gasteiger partial charge < -0.3 is 14.6 Å². The number of anilines is 2. The first-order valence-electron chi connectivity index (χ1n) is 10.5. The minimum Gasteiger partial charge on any atom is -0.489 e. The van der Waals surface area contributed by atoms with Gasteiger partial charge in [-0.3, -0.25) is 14.4 Å². The second-order valence-electron chi connectivity index (χ2n) is 7.95. The maximum atomic E-state index is 13.5. The van der Waals surface area contributed by atoms with Crippen molar-refractivity contribution < 1.29 is 50.1 Å². The Balaban J connectivity index is 0.000000877. The predicted molar refractivity (Wildman–Crippen MR) is 126 cm³/mol. The molecule has 37 heavy (non-hydrogen) atoms. The molecule has 0 saturated carbocycles. The van der Waals surface area contributed by atoms with Gasteiger partial charge >= 0.3 is 18.2 Å². The first kappa shape index (κ1) is 30.0. The van der Waals surface area contributed by atoms with Crippen LogP contribution < -0.4 is 14.4 Å². The minimum absolute atomic E-state index is 0.00967. The number of hydrogen-bond acceptors (Lipinski definition) is 6. The maximum absolute atomic E-state index is 13.5. The fourth-order valence-electron chi connectivity index (χ4n) is 2.72. The first-order valence-corrected chi connectivity index (χ1v) is 12.3. The molecule has 0 radical (unpaired) electrons. The van der Waals surface area contributed by atoms with Gasteiger partial charge in [-0.1, -0.05) is 18.5 Å². The number of sulfonamides is 1. The highest BCUT2D eigenvalue weighted by Gasteiger charge is 2.51. The summed E-state index contributed by atoms with van der Waals surface area (Å²) in [4.78, 5) is 21.1. The van der Waals surface area contributed by atoms with Crippen molar-refractivity contribution in [2.24, 2.45) is 0 Å². The van der Waals surface area contributed by atoms with E-state index in [2.05, 4.69) is 10.1 Å². The zero-order valence-electron chi connectivity index (χ0n) is 19.7. The highest BCUT2D eigenvalue weighted by atomic mass is 35.5. The van der Waals surface area contributed by atoms with Gasteiger partial charge in [0.05, 0.1) is 22.2 Å². The molecule has 1 heterocycles. The summed E-state index contributed by atoms with van der Waals surface area (Å²) < 4.78 is 89.3. The Morgan fingerprint density at radius 1 is 1.19 bits per heavy atom. The minimum atomic E-state index is -4.80. The van der Waals surface area contributed by atoms with Crippen LogP contribution in [0.25, 0.3) is 0 Å². The summed E-state index contributed by atoms with van der Waals surface area (Å²) in [6.45, 7) is 2.88. The second-order valence-corrected chi connectivity index (χ2v) is 10.2. The molecule has 0 aliphatic carbocycles. The van der Waals surface area contributed by atoms with E-state index in [1.165, 1.54) is 18.2 Å². The predicted octanol–water partition coefficient (Wildman–Crippen LogP) is 5.44. The van der Waals surface area contributed by atoms with Crippen molar-refractivity contribution in [2.45, 2.75) is 43.9 Å². The fourth-order valence-corrected chi connectivity index (χ4v) is 4.44. The van der Waals surface area contributed by atoms with Crippen LogP contribution in [-0.2, 0) is 19.6 Å². The van der Waals surface area contributed by atoms with Gasteiger partial charge in [-0.05, 0) is 50.2 Å². The molecule has 0 aromatic heterocycles. The van der Waals surface area contributed by atoms with E-state index in [1.807, 2.05) is 0 Å². The van der Waals surface area contributed by atoms with Gasteiger partial charge in [0.15, 0.2) is 0 Å². The molecule has 204 valence electrons. The highest BCUT2D eigenvalue weighted by Crippen LogP contribution is 2.38. The summed E-state index contributed by atoms with van der Waals surface area (Å²) >= 11 is 5.70. The number of amides is 1. The number of carboxylic acid groups (broad SMARTS) is 1. The number of carbonyl (C=O) groups excluding carboxylic acids is 1. The number of rotatable bonds is 5. The van der Waals surface area contributed by atoms with Gasteiger partial charge in [0.25, 0.3) is 10.0 Å². The molecule has 1 aliphatic heterocycles. The molecule has 0 atom stereocenters. The number of benzene rings is 2. The van der Waals surface area contributed by atoms with Crippen molar-refractivity contribution in [1.29, 1.82) is 0 Å². The zero-order valence-corrected chi connectivity index (χ0v) is 21.3. The quantitative estimate of drug-likeness (QED) is 0.459. The molecule has 0 saturated heterocycles. The molecular formula is C22H23ClF4N2O7S. The average molecular weight is 571 g/mol. The molecule has 0 unspecified atom stereocenters. The van der Waals surface area contributed by atoms with Gasteiger partial charge in [0.1, 0.15) is 18.2 Å². The highest BCUT2D eigenvalue weighted by molar-refractivity contribution is 7.92. The third-order valence-electron chi connectivity index (χ3n) is 4.84. The van der Waals surface area contributed by atoms with E-state index in [-0.39, 0.29) is 46.6 Å². The Bertz CT molecular complexity index is 1270. The lowest BCUT2D eigenvalue weighted by atomic mass is 10.1. The largest absolute Gasteiger partial charge is 0.489 e. The van der Waals surface area contributed by atoms with Crippen molar-refractivity contribution in [3.63, 3.8) is 0 Å². The number of alkyl halides is 3. The first-order chi connectivity index (χ1) is 17.0. The van der Waals surface area contributed by atoms with Crippen LogP contribution in [-0.4, -0.2) is 50.5 Å². The van der Waals surface area contributed by atoms with Crippen molar-refractivity contribution in [2.75, 3.05) is 22.8 Å². The third kappa shape index (κ3) is 7.38. The zero-order chi connectivity index (χ0) is 28.2. The van der Waals surface area contributed by atoms with Crippen molar-refractivity contribution >= 4 is 45.1 Å². The number of carbonyl (C=O) groups is 2. The van der Waals surface area contributed by atoms with Gasteiger partial charge in [-0.2, -0.15) is 13.2 Å². The molecule has 0 spiro atoms. The molecule has 1 amide bonds. The summed E-state index contributed by atoms with van der Waals surface area (Å²) in [6.07, 6.45) is -5.96. The van der Waals surface area contributed by atoms with E-state index in [4.69, 9.17) is 21.4 Å². The number of aliphatic carboxylic acids is 1. The lowest BCUT2D eigenvalue weighted by molar-refractivity contribution is -0.242. The van der Waals surface area contributed by atoms with Gasteiger partial charge in [0.2, 0.25) is 5.60 Å². The molecule has 2 aromatic rings. The Morgan fingerprint density at radius 3 is 2.35 bits per heavy atom. The molecule has 1 aliphatic rings. The average Bonchev–Trinajstić information content (AvgIpc) is 2.79. The lowest BCUT2D eigenvalue weighted by Crippen LogP contribution is -2.44. The van der Waals surface area contributed by atoms with Crippen LogP contribution >= 0.6 is 11.6 Å². The van der Waals surface area contributed by atoms with Crippen LogP contribution in [0.15, 0.2) is 41.3 Å². The number of nitrogens with zero attached hydrogens (tertiary/aromatic N) is 1. The number of fused-ring (bicyclic) bond motifs is 1. The van der Waals surface area contributed by atoms with E-state index in [0.717, 1.165) is 22.5 Å². The molecule has 3 rings (SSSR count). The Labute approximate surface area is 215 Å². The van der Waals surface area contributed by atoms with E-state index < -0.39 is 39.7 Å². The SMILES string of the molecule is CC(C)(OC(=O)Nc1ccc2c(c1)N(S(=O)(=O)c1ccc(F)c(Cl)c1)CCO2)C(F)(F)F.CCC(=O)O. The van der Waals surface area contributed by atoms with E-state index >= 15 is 0 Å². The molecule has 0 fully saturated rings. The number of halogens is 5. The smallest absolute Gasteiger partial charge is 0.427 e. The number of nitrogens with one attached hydrogen (secondary N) is 1. The van der Waals surface area contributed by atoms with E-state index in [1.54, 1.807) is 6.92 Å². The second kappa shape index (κ2) is 11.4. The molecule has 2 N–H and O–H groups in total. The summed E-state index contributed by atoms with van der Waals surface area (Å²) in [5, 5.41) is 9.48. The monoisotopic (exact) mass is 570 g/mol. The van der Waals surface area contributed by atoms with Crippen LogP contribution in [0, 0.1) is 5.82 Å². The van der Waals surface area contributed by atoms with E-state index in [9.17, 15) is 35.6 Å². The number of hydrogen-bond donors (Lipinski definition) is 2. The standard InChI is InChI=1S/C19H17ClF4N2O5S.C3H6O2/c1-18(2,19(22,23)24)31-17(27)25-11-3-6-16-15(9-11)26(7-8-30-16)32(28,29)12-4-5-14(21)13(20)10-12;1-2-3(4)5/h3-6,9-10H,7-8H2,1-2H3,(H,25,27);2H2,1H3,(H,4,5). The van der Waals surface area contributed by atoms with Crippen molar-refractivity contribution in [3.8, 4) is 5.75 Å². The molecule has 9 nitrogen and oxygen atoms in total. The Kier molecular flexibility index (Phi) is 9.25. The Hall–Kier alpha value is -3.26. The van der Waals surface area contributed by atoms with Gasteiger partial charge in [0, 0.05) is 12.1 Å². The van der Waals surface area contributed by atoms with E-state index in [0.29, 0.717) is 13.8 Å². The summed E-state index contributed by atoms with van der Waals surface area (Å²) in [6, 6.07) is 6.78. The summed E-state index contributed by atoms with van der Waals surface area (Å²) in [7, 11) is -4.20. The van der Waals surface area contributed by atoms with Crippen LogP contribution in [0.2, 0.25) is 5.02 Å². The van der Waals surface area contributed by atoms with Crippen LogP contribution in [0.4, 0.5) is 33.7 Å². The van der Waals surface area contributed by atoms with Crippen LogP contribution in [0.1, 0.15) is 27.2 Å². The normalized spacial score (nSPS) is 13.5. The van der Waals surface area contributed by atoms with Crippen molar-refractivity contribution in [1.82, 2.24) is 0 Å². The van der Waals surface area contributed by atoms with Crippen molar-refractivity contribution in [3.05, 3.63) is 47.2 Å². The van der Waals surface area contributed by atoms with Gasteiger partial charge in [-0.15, -0.1) is 0 Å². The topological polar surface area (TPSA) is 122 Å². The van der Waals surface area contributed by atoms with Crippen LogP contribution in [0.5, 0.6) is 5.75 Å². The molecule has 0 bridgehead atoms. The summed E-state index contributed by atoms with van der Waals surface area (Å²) in [5.41, 5.74) is -2.76.